The van der Waals surface area contributed by atoms with Crippen molar-refractivity contribution >= 4 is 24.1 Å². The molecule has 0 aliphatic carbocycles. The minimum absolute atomic E-state index is 0.0310. The average molecular weight is 389 g/mol. The highest BCUT2D eigenvalue weighted by molar-refractivity contribution is 6.12. The number of Topliss-reactive ketones (excluding diaryl/α,β-unsaturated/α-hetero) is 1. The zero-order valence-corrected chi connectivity index (χ0v) is 14.6. The van der Waals surface area contributed by atoms with Crippen LogP contribution in [0.15, 0.2) is 24.3 Å². The van der Waals surface area contributed by atoms with Crippen LogP contribution in [0.1, 0.15) is 36.2 Å². The molecule has 0 aromatic heterocycles. The van der Waals surface area contributed by atoms with E-state index in [1.54, 1.807) is 0 Å². The summed E-state index contributed by atoms with van der Waals surface area (Å²) in [5.41, 5.74) is -4.58. The third-order valence-electron chi connectivity index (χ3n) is 3.51. The van der Waals surface area contributed by atoms with Gasteiger partial charge in [0.25, 0.3) is 0 Å². The second kappa shape index (κ2) is 9.15. The van der Waals surface area contributed by atoms with Crippen molar-refractivity contribution in [2.75, 3.05) is 13.2 Å². The van der Waals surface area contributed by atoms with E-state index in [0.717, 1.165) is 12.1 Å². The molecule has 0 radical (unpaired) electrons. The molecule has 1 rings (SSSR count). The number of benzene rings is 1. The lowest BCUT2D eigenvalue weighted by Crippen LogP contribution is -2.60. The smallest absolute Gasteiger partial charge is 0.417 e. The molecule has 7 nitrogen and oxygen atoms in total. The molecule has 0 spiro atoms. The summed E-state index contributed by atoms with van der Waals surface area (Å²) in [7, 11) is 0. The zero-order valence-electron chi connectivity index (χ0n) is 14.6. The first-order valence-electron chi connectivity index (χ1n) is 7.89. The third-order valence-corrected chi connectivity index (χ3v) is 3.51. The van der Waals surface area contributed by atoms with Crippen LogP contribution in [0, 0.1) is 0 Å². The minimum Gasteiger partial charge on any atom is -0.464 e. The maximum atomic E-state index is 13.1. The summed E-state index contributed by atoms with van der Waals surface area (Å²) in [5.74, 6) is -3.82. The van der Waals surface area contributed by atoms with Crippen LogP contribution in [0.5, 0.6) is 0 Å². The molecule has 148 valence electrons. The Bertz CT molecular complexity index is 699. The maximum Gasteiger partial charge on any atom is 0.417 e. The molecule has 0 saturated heterocycles. The number of carbonyl (C=O) groups is 4. The summed E-state index contributed by atoms with van der Waals surface area (Å²) in [6, 6.07) is 3.89. The summed E-state index contributed by atoms with van der Waals surface area (Å²) in [4.78, 5) is 48.1. The van der Waals surface area contributed by atoms with Gasteiger partial charge in [-0.1, -0.05) is 18.2 Å². The van der Waals surface area contributed by atoms with Crippen LogP contribution in [0.4, 0.5) is 13.2 Å². The van der Waals surface area contributed by atoms with Gasteiger partial charge < -0.3 is 14.8 Å². The van der Waals surface area contributed by atoms with Crippen molar-refractivity contribution in [2.24, 2.45) is 0 Å². The molecule has 0 fully saturated rings. The number of ketones is 1. The SMILES string of the molecule is CCOC(=O)C(CC(=O)c1ccccc1C(F)(F)F)(NC=O)C(=O)OCC. The van der Waals surface area contributed by atoms with Crippen LogP contribution in [0.25, 0.3) is 0 Å². The normalized spacial score (nSPS) is 11.4. The Hall–Kier alpha value is -2.91. The lowest BCUT2D eigenvalue weighted by molar-refractivity contribution is -0.167. The fourth-order valence-electron chi connectivity index (χ4n) is 2.32. The van der Waals surface area contributed by atoms with Crippen LogP contribution in [-0.2, 0) is 30.0 Å². The van der Waals surface area contributed by atoms with E-state index in [-0.39, 0.29) is 19.6 Å². The maximum absolute atomic E-state index is 13.1. The Kier molecular flexibility index (Phi) is 7.50. The number of hydrogen-bond acceptors (Lipinski definition) is 6. The van der Waals surface area contributed by atoms with Crippen LogP contribution in [0.2, 0.25) is 0 Å². The van der Waals surface area contributed by atoms with E-state index in [1.807, 2.05) is 5.32 Å². The standard InChI is InChI=1S/C17H18F3NO6/c1-3-26-14(24)16(21-10-22,15(25)27-4-2)9-13(23)11-7-5-6-8-12(11)17(18,19)20/h5-8,10H,3-4,9H2,1-2H3,(H,21,22). The van der Waals surface area contributed by atoms with E-state index in [4.69, 9.17) is 9.47 Å². The van der Waals surface area contributed by atoms with Gasteiger partial charge in [0.15, 0.2) is 5.78 Å². The predicted octanol–water partition coefficient (Wildman–Crippen LogP) is 1.89. The van der Waals surface area contributed by atoms with Crippen molar-refractivity contribution < 1.29 is 41.8 Å². The van der Waals surface area contributed by atoms with Gasteiger partial charge in [0.1, 0.15) is 0 Å². The van der Waals surface area contributed by atoms with E-state index >= 15 is 0 Å². The van der Waals surface area contributed by atoms with Crippen molar-refractivity contribution in [3.8, 4) is 0 Å². The highest BCUT2D eigenvalue weighted by Crippen LogP contribution is 2.33. The number of hydrogen-bond donors (Lipinski definition) is 1. The number of nitrogens with one attached hydrogen (secondary N) is 1. The molecule has 27 heavy (non-hydrogen) atoms. The Morgan fingerprint density at radius 3 is 2.00 bits per heavy atom. The van der Waals surface area contributed by atoms with Gasteiger partial charge in [-0.2, -0.15) is 13.2 Å². The minimum atomic E-state index is -4.83. The fraction of sp³-hybridized carbons (Fsp3) is 0.412. The van der Waals surface area contributed by atoms with Gasteiger partial charge in [-0.3, -0.25) is 9.59 Å². The van der Waals surface area contributed by atoms with Crippen molar-refractivity contribution in [1.29, 1.82) is 0 Å². The first-order chi connectivity index (χ1) is 12.6. The average Bonchev–Trinajstić information content (AvgIpc) is 2.60. The lowest BCUT2D eigenvalue weighted by Gasteiger charge is -2.28. The Morgan fingerprint density at radius 2 is 1.56 bits per heavy atom. The number of esters is 2. The lowest BCUT2D eigenvalue weighted by atomic mass is 9.88. The molecule has 0 bridgehead atoms. The second-order valence-corrected chi connectivity index (χ2v) is 5.25. The summed E-state index contributed by atoms with van der Waals surface area (Å²) in [6.07, 6.45) is -5.96. The van der Waals surface area contributed by atoms with Crippen molar-refractivity contribution in [3.63, 3.8) is 0 Å². The van der Waals surface area contributed by atoms with E-state index in [2.05, 4.69) is 0 Å². The number of amides is 1. The largest absolute Gasteiger partial charge is 0.464 e. The molecule has 0 aliphatic rings. The Labute approximate surface area is 152 Å². The summed E-state index contributed by atoms with van der Waals surface area (Å²) < 4.78 is 48.9. The summed E-state index contributed by atoms with van der Waals surface area (Å²) in [5, 5.41) is 1.89. The highest BCUT2D eigenvalue weighted by atomic mass is 19.4. The van der Waals surface area contributed by atoms with Gasteiger partial charge in [-0.15, -0.1) is 0 Å². The van der Waals surface area contributed by atoms with Gasteiger partial charge in [-0.25, -0.2) is 9.59 Å². The first kappa shape index (κ1) is 22.1. The monoisotopic (exact) mass is 389 g/mol. The molecule has 1 aromatic rings. The molecular weight excluding hydrogens is 371 g/mol. The molecule has 0 unspecified atom stereocenters. The molecule has 1 amide bonds. The number of carbonyl (C=O) groups excluding carboxylic acids is 4. The number of ether oxygens (including phenoxy) is 2. The molecular formula is C17H18F3NO6. The Morgan fingerprint density at radius 1 is 1.04 bits per heavy atom. The number of alkyl halides is 3. The molecule has 1 aromatic carbocycles. The summed E-state index contributed by atoms with van der Waals surface area (Å²) in [6.45, 7) is 2.42. The molecule has 0 saturated carbocycles. The summed E-state index contributed by atoms with van der Waals surface area (Å²) >= 11 is 0. The van der Waals surface area contributed by atoms with E-state index in [9.17, 15) is 32.3 Å². The van der Waals surface area contributed by atoms with Crippen LogP contribution in [0.3, 0.4) is 0 Å². The van der Waals surface area contributed by atoms with Crippen molar-refractivity contribution in [1.82, 2.24) is 5.32 Å². The van der Waals surface area contributed by atoms with Crippen LogP contribution < -0.4 is 5.32 Å². The Balaban J connectivity index is 3.41. The van der Waals surface area contributed by atoms with Gasteiger partial charge >= 0.3 is 18.1 Å². The topological polar surface area (TPSA) is 98.8 Å². The zero-order chi connectivity index (χ0) is 20.7. The fourth-order valence-corrected chi connectivity index (χ4v) is 2.32. The van der Waals surface area contributed by atoms with Crippen LogP contribution in [-0.4, -0.2) is 42.9 Å². The van der Waals surface area contributed by atoms with Crippen molar-refractivity contribution in [2.45, 2.75) is 32.0 Å². The second-order valence-electron chi connectivity index (χ2n) is 5.25. The third kappa shape index (κ3) is 5.05. The molecule has 0 atom stereocenters. The van der Waals surface area contributed by atoms with Crippen molar-refractivity contribution in [3.05, 3.63) is 35.4 Å². The quantitative estimate of drug-likeness (QED) is 0.300. The van der Waals surface area contributed by atoms with Crippen LogP contribution >= 0.6 is 0 Å². The molecule has 1 N–H and O–H groups in total. The van der Waals surface area contributed by atoms with E-state index < -0.39 is 47.0 Å². The number of rotatable bonds is 9. The first-order valence-corrected chi connectivity index (χ1v) is 7.89. The van der Waals surface area contributed by atoms with Gasteiger partial charge in [0, 0.05) is 5.56 Å². The van der Waals surface area contributed by atoms with Gasteiger partial charge in [0.2, 0.25) is 11.9 Å². The molecule has 0 heterocycles. The van der Waals surface area contributed by atoms with E-state index in [0.29, 0.717) is 6.07 Å². The van der Waals surface area contributed by atoms with Gasteiger partial charge in [0.05, 0.1) is 25.2 Å². The highest BCUT2D eigenvalue weighted by Gasteiger charge is 2.51. The number of halogens is 3. The van der Waals surface area contributed by atoms with E-state index in [1.165, 1.54) is 19.9 Å². The molecule has 10 heteroatoms. The predicted molar refractivity (Wildman–Crippen MR) is 85.6 cm³/mol. The van der Waals surface area contributed by atoms with Gasteiger partial charge in [-0.05, 0) is 19.9 Å². The molecule has 0 aliphatic heterocycles.